The number of aromatic nitrogens is 1. The van der Waals surface area contributed by atoms with Crippen molar-refractivity contribution in [3.8, 4) is 0 Å². The molecule has 2 unspecified atom stereocenters. The van der Waals surface area contributed by atoms with Gasteiger partial charge in [0.2, 0.25) is 5.91 Å². The van der Waals surface area contributed by atoms with E-state index >= 15 is 0 Å². The minimum absolute atomic E-state index is 0.197. The second kappa shape index (κ2) is 12.3. The van der Waals surface area contributed by atoms with Gasteiger partial charge in [0.05, 0.1) is 6.26 Å². The molecule has 10 nitrogen and oxygen atoms in total. The predicted octanol–water partition coefficient (Wildman–Crippen LogP) is 4.10. The summed E-state index contributed by atoms with van der Waals surface area (Å²) in [6, 6.07) is 17.7. The first-order chi connectivity index (χ1) is 19.8. The van der Waals surface area contributed by atoms with Gasteiger partial charge in [-0.25, -0.2) is 4.79 Å². The third kappa shape index (κ3) is 6.44. The lowest BCUT2D eigenvalue weighted by molar-refractivity contribution is -0.118. The van der Waals surface area contributed by atoms with Gasteiger partial charge in [0.15, 0.2) is 5.76 Å². The van der Waals surface area contributed by atoms with Crippen LogP contribution in [0.5, 0.6) is 0 Å². The molecule has 1 saturated heterocycles. The third-order valence-corrected chi connectivity index (χ3v) is 7.45. The quantitative estimate of drug-likeness (QED) is 0.302. The Morgan fingerprint density at radius 2 is 1.73 bits per heavy atom. The average molecular weight is 557 g/mol. The second-order valence-corrected chi connectivity index (χ2v) is 10.7. The average Bonchev–Trinajstić information content (AvgIpc) is 3.66. The minimum Gasteiger partial charge on any atom is -0.459 e. The minimum atomic E-state index is -0.845. The van der Waals surface area contributed by atoms with Gasteiger partial charge < -0.3 is 34.7 Å². The van der Waals surface area contributed by atoms with Crippen LogP contribution in [0.3, 0.4) is 0 Å². The number of nitrogens with zero attached hydrogens (tertiary/aromatic N) is 3. The molecule has 214 valence electrons. The number of anilines is 1. The van der Waals surface area contributed by atoms with E-state index in [0.717, 1.165) is 28.6 Å². The van der Waals surface area contributed by atoms with Gasteiger partial charge in [0.1, 0.15) is 6.04 Å². The first kappa shape index (κ1) is 28.0. The molecular weight excluding hydrogens is 520 g/mol. The Labute approximate surface area is 239 Å². The second-order valence-electron chi connectivity index (χ2n) is 10.7. The highest BCUT2D eigenvalue weighted by molar-refractivity contribution is 5.98. The molecule has 2 atom stereocenters. The van der Waals surface area contributed by atoms with Crippen LogP contribution < -0.4 is 10.6 Å². The van der Waals surface area contributed by atoms with Crippen LogP contribution in [0.2, 0.25) is 0 Å². The summed E-state index contributed by atoms with van der Waals surface area (Å²) in [5.74, 6) is -0.551. The normalized spacial score (nSPS) is 15.1. The number of nitrogens with one attached hydrogen (secondary N) is 3. The molecule has 1 fully saturated rings. The van der Waals surface area contributed by atoms with Crippen molar-refractivity contribution in [1.29, 1.82) is 0 Å². The van der Waals surface area contributed by atoms with Gasteiger partial charge >= 0.3 is 6.03 Å². The van der Waals surface area contributed by atoms with Gasteiger partial charge in [-0.15, -0.1) is 0 Å². The molecule has 5 rings (SSSR count). The number of hydrogen-bond donors (Lipinski definition) is 3. The van der Waals surface area contributed by atoms with Crippen LogP contribution in [0.15, 0.2) is 77.5 Å². The molecule has 0 spiro atoms. The molecule has 0 aliphatic carbocycles. The fourth-order valence-electron chi connectivity index (χ4n) is 5.29. The van der Waals surface area contributed by atoms with Crippen LogP contribution in [0.4, 0.5) is 10.5 Å². The molecule has 1 aliphatic heterocycles. The van der Waals surface area contributed by atoms with Gasteiger partial charge in [-0.05, 0) is 55.6 Å². The molecule has 0 radical (unpaired) electrons. The number of urea groups is 1. The Kier molecular flexibility index (Phi) is 8.39. The SMILES string of the molecule is CC(c1c[nH]c2ccccc12)C(NC(=O)N1CCN(C(=O)c2ccco2)CC1)C(=O)Nc1cccc(CN(C)C)c1. The largest absolute Gasteiger partial charge is 0.459 e. The van der Waals surface area contributed by atoms with Crippen molar-refractivity contribution in [2.45, 2.75) is 25.4 Å². The van der Waals surface area contributed by atoms with Gasteiger partial charge in [0.25, 0.3) is 5.91 Å². The van der Waals surface area contributed by atoms with Crippen molar-refractivity contribution in [2.75, 3.05) is 45.6 Å². The number of piperazine rings is 1. The summed E-state index contributed by atoms with van der Waals surface area (Å²) in [6.45, 7) is 4.13. The van der Waals surface area contributed by atoms with E-state index in [4.69, 9.17) is 4.42 Å². The molecule has 2 aromatic heterocycles. The lowest BCUT2D eigenvalue weighted by atomic mass is 9.92. The standard InChI is InChI=1S/C31H36N6O4/c1-21(25-19-32-26-11-5-4-10-24(25)26)28(29(38)33-23-9-6-8-22(18-23)20-35(2)3)34-31(40)37-15-13-36(14-16-37)30(39)27-12-7-17-41-27/h4-12,17-19,21,28,32H,13-16,20H2,1-3H3,(H,33,38)(H,34,40). The Balaban J connectivity index is 1.32. The summed E-state index contributed by atoms with van der Waals surface area (Å²) in [5.41, 5.74) is 3.65. The summed E-state index contributed by atoms with van der Waals surface area (Å²) < 4.78 is 5.24. The van der Waals surface area contributed by atoms with E-state index in [9.17, 15) is 14.4 Å². The van der Waals surface area contributed by atoms with Gasteiger partial charge in [0, 0.05) is 61.4 Å². The molecule has 3 heterocycles. The van der Waals surface area contributed by atoms with Crippen molar-refractivity contribution in [2.24, 2.45) is 0 Å². The highest BCUT2D eigenvalue weighted by atomic mass is 16.3. The number of carbonyl (C=O) groups is 3. The molecule has 10 heteroatoms. The topological polar surface area (TPSA) is 114 Å². The third-order valence-electron chi connectivity index (χ3n) is 7.45. The van der Waals surface area contributed by atoms with Crippen molar-refractivity contribution in [1.82, 2.24) is 25.0 Å². The van der Waals surface area contributed by atoms with E-state index in [-0.39, 0.29) is 29.5 Å². The van der Waals surface area contributed by atoms with Crippen LogP contribution in [0, 0.1) is 0 Å². The van der Waals surface area contributed by atoms with E-state index in [1.54, 1.807) is 21.9 Å². The number of rotatable bonds is 8. The fraction of sp³-hybridized carbons (Fsp3) is 0.323. The summed E-state index contributed by atoms with van der Waals surface area (Å²) in [5, 5.41) is 7.04. The van der Waals surface area contributed by atoms with Crippen molar-refractivity contribution >= 4 is 34.4 Å². The van der Waals surface area contributed by atoms with Gasteiger partial charge in [-0.1, -0.05) is 37.3 Å². The Morgan fingerprint density at radius 1 is 0.976 bits per heavy atom. The van der Waals surface area contributed by atoms with Crippen molar-refractivity contribution in [3.05, 3.63) is 90.0 Å². The Hall–Kier alpha value is -4.57. The zero-order valence-electron chi connectivity index (χ0n) is 23.6. The van der Waals surface area contributed by atoms with E-state index in [0.29, 0.717) is 31.9 Å². The maximum Gasteiger partial charge on any atom is 0.318 e. The van der Waals surface area contributed by atoms with Gasteiger partial charge in [-0.3, -0.25) is 9.59 Å². The fourth-order valence-corrected chi connectivity index (χ4v) is 5.29. The Morgan fingerprint density at radius 3 is 2.46 bits per heavy atom. The monoisotopic (exact) mass is 556 g/mol. The molecule has 41 heavy (non-hydrogen) atoms. The first-order valence-electron chi connectivity index (χ1n) is 13.8. The zero-order chi connectivity index (χ0) is 28.9. The number of fused-ring (bicyclic) bond motifs is 1. The summed E-state index contributed by atoms with van der Waals surface area (Å²) in [6.07, 6.45) is 3.37. The molecule has 0 saturated carbocycles. The van der Waals surface area contributed by atoms with Crippen LogP contribution in [-0.4, -0.2) is 83.8 Å². The smallest absolute Gasteiger partial charge is 0.318 e. The number of para-hydroxylation sites is 1. The van der Waals surface area contributed by atoms with Crippen LogP contribution in [-0.2, 0) is 11.3 Å². The maximum absolute atomic E-state index is 13.8. The molecule has 2 aromatic carbocycles. The summed E-state index contributed by atoms with van der Waals surface area (Å²) >= 11 is 0. The van der Waals surface area contributed by atoms with E-state index in [1.807, 2.05) is 75.7 Å². The van der Waals surface area contributed by atoms with E-state index < -0.39 is 6.04 Å². The number of hydrogen-bond acceptors (Lipinski definition) is 5. The van der Waals surface area contributed by atoms with E-state index in [1.165, 1.54) is 6.26 Å². The molecule has 0 bridgehead atoms. The Bertz CT molecular complexity index is 1500. The molecule has 4 aromatic rings. The lowest BCUT2D eigenvalue weighted by Crippen LogP contribution is -2.57. The molecule has 3 N–H and O–H groups in total. The van der Waals surface area contributed by atoms with Crippen LogP contribution >= 0.6 is 0 Å². The van der Waals surface area contributed by atoms with Gasteiger partial charge in [-0.2, -0.15) is 0 Å². The number of benzene rings is 2. The first-order valence-corrected chi connectivity index (χ1v) is 13.8. The molecular formula is C31H36N6O4. The highest BCUT2D eigenvalue weighted by Gasteiger charge is 2.33. The number of carbonyl (C=O) groups excluding carboxylic acids is 3. The van der Waals surface area contributed by atoms with Crippen LogP contribution in [0.1, 0.15) is 34.5 Å². The summed E-state index contributed by atoms with van der Waals surface area (Å²) in [7, 11) is 3.98. The van der Waals surface area contributed by atoms with Crippen LogP contribution in [0.25, 0.3) is 10.9 Å². The predicted molar refractivity (Wildman–Crippen MR) is 158 cm³/mol. The number of H-pyrrole nitrogens is 1. The maximum atomic E-state index is 13.8. The van der Waals surface area contributed by atoms with E-state index in [2.05, 4.69) is 20.5 Å². The molecule has 1 aliphatic rings. The number of furan rings is 1. The van der Waals surface area contributed by atoms with Crippen molar-refractivity contribution in [3.63, 3.8) is 0 Å². The molecule has 4 amide bonds. The highest BCUT2D eigenvalue weighted by Crippen LogP contribution is 2.28. The number of aromatic amines is 1. The zero-order valence-corrected chi connectivity index (χ0v) is 23.6. The summed E-state index contributed by atoms with van der Waals surface area (Å²) in [4.78, 5) is 48.6. The lowest BCUT2D eigenvalue weighted by Gasteiger charge is -2.35. The number of amides is 4. The van der Waals surface area contributed by atoms with Crippen molar-refractivity contribution < 1.29 is 18.8 Å².